The second-order valence-electron chi connectivity index (χ2n) is 7.22. The number of fused-ring (bicyclic) bond motifs is 3. The third-order valence-corrected chi connectivity index (χ3v) is 4.13. The van der Waals surface area contributed by atoms with E-state index >= 15 is 0 Å². The van der Waals surface area contributed by atoms with Gasteiger partial charge in [-0.2, -0.15) is 0 Å². The topological polar surface area (TPSA) is 12.9 Å². The average molecular weight is 277 g/mol. The number of rotatable bonds is 1. The lowest BCUT2D eigenvalue weighted by molar-refractivity contribution is 0.571. The first-order valence-electron chi connectivity index (χ1n) is 7.70. The Balaban J connectivity index is 2.31. The maximum atomic E-state index is 4.95. The van der Waals surface area contributed by atoms with Gasteiger partial charge in [0, 0.05) is 21.9 Å². The predicted molar refractivity (Wildman–Crippen MR) is 92.0 cm³/mol. The zero-order valence-corrected chi connectivity index (χ0v) is 13.6. The molecule has 1 heterocycles. The molecule has 3 rings (SSSR count). The summed E-state index contributed by atoms with van der Waals surface area (Å²) in [6.45, 7) is 11.1. The molecule has 1 nitrogen and oxygen atoms in total. The van der Waals surface area contributed by atoms with Gasteiger partial charge >= 0.3 is 0 Å². The van der Waals surface area contributed by atoms with Gasteiger partial charge in [0.2, 0.25) is 0 Å². The number of aromatic nitrogens is 1. The summed E-state index contributed by atoms with van der Waals surface area (Å²) in [6.07, 6.45) is 0. The Hall–Kier alpha value is -1.89. The molecule has 0 radical (unpaired) electrons. The van der Waals surface area contributed by atoms with E-state index in [2.05, 4.69) is 77.1 Å². The lowest BCUT2D eigenvalue weighted by Crippen LogP contribution is -2.13. The van der Waals surface area contributed by atoms with E-state index in [0.717, 1.165) is 11.2 Å². The minimum atomic E-state index is 0.0776. The molecule has 2 aromatic carbocycles. The smallest absolute Gasteiger partial charge is 0.0783 e. The van der Waals surface area contributed by atoms with Crippen molar-refractivity contribution in [3.05, 3.63) is 53.7 Å². The summed E-state index contributed by atoms with van der Waals surface area (Å²) in [7, 11) is 0. The number of benzene rings is 2. The Bertz CT molecular complexity index is 807. The molecule has 0 saturated carbocycles. The van der Waals surface area contributed by atoms with Crippen molar-refractivity contribution >= 4 is 21.7 Å². The largest absolute Gasteiger partial charge is 0.252 e. The van der Waals surface area contributed by atoms with Crippen LogP contribution in [0.2, 0.25) is 0 Å². The standard InChI is InChI=1S/C20H23N/c1-13(2)15-8-10-17-16(12-15)7-6-14-9-11-18(20(3,4)5)21-19(14)17/h6-13H,1-5H3. The Kier molecular flexibility index (Phi) is 3.24. The normalized spacial score (nSPS) is 12.5. The van der Waals surface area contributed by atoms with Gasteiger partial charge in [0.1, 0.15) is 0 Å². The summed E-state index contributed by atoms with van der Waals surface area (Å²) < 4.78 is 0. The van der Waals surface area contributed by atoms with Crippen LogP contribution in [-0.4, -0.2) is 4.98 Å². The minimum absolute atomic E-state index is 0.0776. The van der Waals surface area contributed by atoms with Crippen molar-refractivity contribution < 1.29 is 0 Å². The summed E-state index contributed by atoms with van der Waals surface area (Å²) in [5, 5.41) is 3.75. The lowest BCUT2D eigenvalue weighted by atomic mass is 9.90. The van der Waals surface area contributed by atoms with Gasteiger partial charge in [0.05, 0.1) is 5.52 Å². The maximum absolute atomic E-state index is 4.95. The van der Waals surface area contributed by atoms with Crippen LogP contribution < -0.4 is 0 Å². The molecule has 1 aromatic heterocycles. The fourth-order valence-corrected chi connectivity index (χ4v) is 2.71. The van der Waals surface area contributed by atoms with Crippen LogP contribution in [0, 0.1) is 0 Å². The van der Waals surface area contributed by atoms with E-state index in [0.29, 0.717) is 5.92 Å². The molecule has 0 N–H and O–H groups in total. The lowest BCUT2D eigenvalue weighted by Gasteiger charge is -2.18. The van der Waals surface area contributed by atoms with E-state index < -0.39 is 0 Å². The molecule has 0 aliphatic carbocycles. The van der Waals surface area contributed by atoms with E-state index in [1.165, 1.54) is 21.7 Å². The van der Waals surface area contributed by atoms with Crippen molar-refractivity contribution in [3.63, 3.8) is 0 Å². The summed E-state index contributed by atoms with van der Waals surface area (Å²) in [5.41, 5.74) is 3.73. The molecule has 21 heavy (non-hydrogen) atoms. The van der Waals surface area contributed by atoms with E-state index in [-0.39, 0.29) is 5.41 Å². The molecule has 1 heteroatoms. The van der Waals surface area contributed by atoms with Crippen molar-refractivity contribution in [3.8, 4) is 0 Å². The van der Waals surface area contributed by atoms with Crippen LogP contribution in [0.15, 0.2) is 42.5 Å². The molecular weight excluding hydrogens is 254 g/mol. The maximum Gasteiger partial charge on any atom is 0.0783 e. The first-order chi connectivity index (χ1) is 9.86. The highest BCUT2D eigenvalue weighted by molar-refractivity contribution is 6.05. The van der Waals surface area contributed by atoms with Gasteiger partial charge < -0.3 is 0 Å². The van der Waals surface area contributed by atoms with Crippen LogP contribution in [0.25, 0.3) is 21.7 Å². The number of hydrogen-bond acceptors (Lipinski definition) is 1. The number of nitrogens with zero attached hydrogens (tertiary/aromatic N) is 1. The first-order valence-corrected chi connectivity index (χ1v) is 7.70. The molecule has 0 atom stereocenters. The minimum Gasteiger partial charge on any atom is -0.252 e. The van der Waals surface area contributed by atoms with E-state index in [1.807, 2.05) is 0 Å². The molecular formula is C20H23N. The van der Waals surface area contributed by atoms with Gasteiger partial charge in [0.15, 0.2) is 0 Å². The van der Waals surface area contributed by atoms with Gasteiger partial charge in [-0.25, -0.2) is 0 Å². The highest BCUT2D eigenvalue weighted by Crippen LogP contribution is 2.29. The fraction of sp³-hybridized carbons (Fsp3) is 0.350. The SMILES string of the molecule is CC(C)c1ccc2c(ccc3ccc(C(C)(C)C)nc32)c1. The third kappa shape index (κ3) is 2.53. The zero-order valence-electron chi connectivity index (χ0n) is 13.6. The van der Waals surface area contributed by atoms with E-state index in [4.69, 9.17) is 4.98 Å². The third-order valence-electron chi connectivity index (χ3n) is 4.13. The molecule has 0 unspecified atom stereocenters. The summed E-state index contributed by atoms with van der Waals surface area (Å²) in [4.78, 5) is 4.95. The van der Waals surface area contributed by atoms with Crippen molar-refractivity contribution in [1.82, 2.24) is 4.98 Å². The van der Waals surface area contributed by atoms with Crippen molar-refractivity contribution in [2.24, 2.45) is 0 Å². The second kappa shape index (κ2) is 4.84. The van der Waals surface area contributed by atoms with Gasteiger partial charge in [0.25, 0.3) is 0 Å². The fourth-order valence-electron chi connectivity index (χ4n) is 2.71. The highest BCUT2D eigenvalue weighted by Gasteiger charge is 2.16. The molecule has 108 valence electrons. The van der Waals surface area contributed by atoms with Gasteiger partial charge in [-0.15, -0.1) is 0 Å². The van der Waals surface area contributed by atoms with Gasteiger partial charge in [-0.3, -0.25) is 4.98 Å². The van der Waals surface area contributed by atoms with Crippen molar-refractivity contribution in [1.29, 1.82) is 0 Å². The van der Waals surface area contributed by atoms with Crippen molar-refractivity contribution in [2.75, 3.05) is 0 Å². The number of hydrogen-bond donors (Lipinski definition) is 0. The molecule has 0 fully saturated rings. The van der Waals surface area contributed by atoms with Crippen molar-refractivity contribution in [2.45, 2.75) is 46.0 Å². The Morgan fingerprint density at radius 2 is 1.52 bits per heavy atom. The Labute approximate surface area is 127 Å². The van der Waals surface area contributed by atoms with Crippen LogP contribution >= 0.6 is 0 Å². The molecule has 0 saturated heterocycles. The quantitative estimate of drug-likeness (QED) is 0.511. The van der Waals surface area contributed by atoms with E-state index in [9.17, 15) is 0 Å². The summed E-state index contributed by atoms with van der Waals surface area (Å²) >= 11 is 0. The molecule has 0 spiro atoms. The zero-order chi connectivity index (χ0) is 15.2. The second-order valence-corrected chi connectivity index (χ2v) is 7.22. The summed E-state index contributed by atoms with van der Waals surface area (Å²) in [6, 6.07) is 15.5. The van der Waals surface area contributed by atoms with Crippen LogP contribution in [0.5, 0.6) is 0 Å². The monoisotopic (exact) mass is 277 g/mol. The molecule has 0 aliphatic heterocycles. The van der Waals surface area contributed by atoms with E-state index in [1.54, 1.807) is 0 Å². The predicted octanol–water partition coefficient (Wildman–Crippen LogP) is 5.81. The molecule has 0 bridgehead atoms. The molecule has 0 aliphatic rings. The average Bonchev–Trinajstić information content (AvgIpc) is 2.44. The Morgan fingerprint density at radius 3 is 2.19 bits per heavy atom. The molecule has 0 amide bonds. The highest BCUT2D eigenvalue weighted by atomic mass is 14.7. The van der Waals surface area contributed by atoms with Crippen LogP contribution in [0.4, 0.5) is 0 Å². The van der Waals surface area contributed by atoms with Gasteiger partial charge in [-0.05, 0) is 22.9 Å². The van der Waals surface area contributed by atoms with Crippen LogP contribution in [0.1, 0.15) is 51.8 Å². The summed E-state index contributed by atoms with van der Waals surface area (Å²) in [5.74, 6) is 0.555. The van der Waals surface area contributed by atoms with Crippen LogP contribution in [-0.2, 0) is 5.41 Å². The molecule has 3 aromatic rings. The van der Waals surface area contributed by atoms with Crippen LogP contribution in [0.3, 0.4) is 0 Å². The Morgan fingerprint density at radius 1 is 0.857 bits per heavy atom. The number of pyridine rings is 1. The van der Waals surface area contributed by atoms with Gasteiger partial charge in [-0.1, -0.05) is 71.0 Å². The first kappa shape index (κ1) is 14.1.